The molecule has 2 aromatic carbocycles. The topological polar surface area (TPSA) is 43.8 Å². The van der Waals surface area contributed by atoms with E-state index in [-0.39, 0.29) is 0 Å². The highest BCUT2D eigenvalue weighted by molar-refractivity contribution is 6.02. The Labute approximate surface area is 106 Å². The third-order valence-electron chi connectivity index (χ3n) is 3.22. The van der Waals surface area contributed by atoms with Crippen molar-refractivity contribution in [1.82, 2.24) is 9.78 Å². The van der Waals surface area contributed by atoms with Gasteiger partial charge in [-0.1, -0.05) is 30.3 Å². The van der Waals surface area contributed by atoms with Crippen LogP contribution in [0.3, 0.4) is 0 Å². The first-order valence-electron chi connectivity index (χ1n) is 6.09. The third-order valence-corrected chi connectivity index (χ3v) is 3.22. The molecule has 0 amide bonds. The van der Waals surface area contributed by atoms with E-state index in [1.807, 2.05) is 29.1 Å². The molecule has 0 atom stereocenters. The molecule has 0 radical (unpaired) electrons. The van der Waals surface area contributed by atoms with Crippen molar-refractivity contribution in [2.24, 2.45) is 0 Å². The van der Waals surface area contributed by atoms with Crippen molar-refractivity contribution in [1.29, 1.82) is 0 Å². The number of benzene rings is 2. The van der Waals surface area contributed by atoms with Crippen LogP contribution in [0.15, 0.2) is 48.8 Å². The van der Waals surface area contributed by atoms with Gasteiger partial charge in [-0.25, -0.2) is 0 Å². The highest BCUT2D eigenvalue weighted by atomic mass is 15.3. The fourth-order valence-corrected chi connectivity index (χ4v) is 2.26. The summed E-state index contributed by atoms with van der Waals surface area (Å²) in [6.45, 7) is 2.96. The highest BCUT2D eigenvalue weighted by Gasteiger charge is 2.06. The number of hydrogen-bond acceptors (Lipinski definition) is 2. The van der Waals surface area contributed by atoms with Gasteiger partial charge in [0.1, 0.15) is 0 Å². The second-order valence-corrected chi connectivity index (χ2v) is 4.33. The predicted octanol–water partition coefficient (Wildman–Crippen LogP) is 3.31. The van der Waals surface area contributed by atoms with Gasteiger partial charge in [0.05, 0.1) is 6.20 Å². The van der Waals surface area contributed by atoms with Gasteiger partial charge in [-0.2, -0.15) is 5.10 Å². The average molecular weight is 237 g/mol. The number of rotatable bonds is 2. The maximum Gasteiger partial charge on any atom is 0.0568 e. The van der Waals surface area contributed by atoms with E-state index in [0.717, 1.165) is 23.2 Å². The Morgan fingerprint density at radius 3 is 2.67 bits per heavy atom. The zero-order chi connectivity index (χ0) is 12.5. The van der Waals surface area contributed by atoms with Gasteiger partial charge >= 0.3 is 0 Å². The molecule has 0 aliphatic carbocycles. The number of anilines is 1. The Bertz CT molecular complexity index is 698. The minimum Gasteiger partial charge on any atom is -0.398 e. The largest absolute Gasteiger partial charge is 0.398 e. The number of fused-ring (bicyclic) bond motifs is 1. The van der Waals surface area contributed by atoms with E-state index >= 15 is 0 Å². The van der Waals surface area contributed by atoms with Crippen LogP contribution >= 0.6 is 0 Å². The van der Waals surface area contributed by atoms with E-state index in [2.05, 4.69) is 36.4 Å². The Kier molecular flexibility index (Phi) is 2.52. The summed E-state index contributed by atoms with van der Waals surface area (Å²) in [4.78, 5) is 0. The van der Waals surface area contributed by atoms with Crippen LogP contribution in [-0.2, 0) is 6.54 Å². The summed E-state index contributed by atoms with van der Waals surface area (Å²) in [5.74, 6) is 0. The fourth-order valence-electron chi connectivity index (χ4n) is 2.26. The van der Waals surface area contributed by atoms with Crippen molar-refractivity contribution in [3.8, 4) is 11.1 Å². The number of aromatic nitrogens is 2. The Morgan fingerprint density at radius 2 is 1.89 bits per heavy atom. The molecular weight excluding hydrogens is 222 g/mol. The minimum absolute atomic E-state index is 0.817. The van der Waals surface area contributed by atoms with Crippen molar-refractivity contribution >= 4 is 16.5 Å². The molecule has 90 valence electrons. The van der Waals surface area contributed by atoms with Crippen molar-refractivity contribution in [3.63, 3.8) is 0 Å². The maximum absolute atomic E-state index is 6.01. The van der Waals surface area contributed by atoms with E-state index in [4.69, 9.17) is 5.73 Å². The lowest BCUT2D eigenvalue weighted by Gasteiger charge is -2.06. The van der Waals surface area contributed by atoms with E-state index < -0.39 is 0 Å². The number of nitrogens with two attached hydrogens (primary N) is 1. The van der Waals surface area contributed by atoms with Crippen molar-refractivity contribution in [2.45, 2.75) is 13.5 Å². The van der Waals surface area contributed by atoms with Crippen molar-refractivity contribution < 1.29 is 0 Å². The van der Waals surface area contributed by atoms with Crippen LogP contribution in [0.4, 0.5) is 5.69 Å². The Balaban J connectivity index is 2.26. The zero-order valence-corrected chi connectivity index (χ0v) is 10.3. The van der Waals surface area contributed by atoms with Gasteiger partial charge in [0, 0.05) is 29.4 Å². The van der Waals surface area contributed by atoms with Crippen LogP contribution in [0, 0.1) is 0 Å². The SMILES string of the molecule is CCn1cc(-c2cccc3c(N)cccc23)cn1. The second-order valence-electron chi connectivity index (χ2n) is 4.33. The molecule has 1 aromatic heterocycles. The lowest BCUT2D eigenvalue weighted by Crippen LogP contribution is -1.92. The first-order valence-corrected chi connectivity index (χ1v) is 6.09. The van der Waals surface area contributed by atoms with Crippen LogP contribution < -0.4 is 5.73 Å². The second kappa shape index (κ2) is 4.18. The molecule has 0 fully saturated rings. The van der Waals surface area contributed by atoms with E-state index in [0.29, 0.717) is 0 Å². The zero-order valence-electron chi connectivity index (χ0n) is 10.3. The maximum atomic E-state index is 6.01. The van der Waals surface area contributed by atoms with Crippen LogP contribution in [0.25, 0.3) is 21.9 Å². The lowest BCUT2D eigenvalue weighted by molar-refractivity contribution is 0.660. The molecule has 0 spiro atoms. The molecule has 3 nitrogen and oxygen atoms in total. The first-order chi connectivity index (χ1) is 8.79. The van der Waals surface area contributed by atoms with E-state index in [1.54, 1.807) is 0 Å². The average Bonchev–Trinajstić information content (AvgIpc) is 2.87. The monoisotopic (exact) mass is 237 g/mol. The van der Waals surface area contributed by atoms with Crippen LogP contribution in [-0.4, -0.2) is 9.78 Å². The molecule has 0 aliphatic heterocycles. The molecule has 3 heteroatoms. The Morgan fingerprint density at radius 1 is 1.11 bits per heavy atom. The third kappa shape index (κ3) is 1.64. The summed E-state index contributed by atoms with van der Waals surface area (Å²) in [7, 11) is 0. The summed E-state index contributed by atoms with van der Waals surface area (Å²) in [5.41, 5.74) is 9.14. The predicted molar refractivity (Wildman–Crippen MR) is 75.3 cm³/mol. The quantitative estimate of drug-likeness (QED) is 0.695. The molecule has 0 bridgehead atoms. The summed E-state index contributed by atoms with van der Waals surface area (Å²) in [6, 6.07) is 12.2. The Hall–Kier alpha value is -2.29. The minimum atomic E-state index is 0.817. The smallest absolute Gasteiger partial charge is 0.0568 e. The van der Waals surface area contributed by atoms with Crippen LogP contribution in [0.5, 0.6) is 0 Å². The molecule has 0 saturated carbocycles. The summed E-state index contributed by atoms with van der Waals surface area (Å²) < 4.78 is 1.93. The first kappa shape index (κ1) is 10.8. The molecule has 0 aliphatic rings. The van der Waals surface area contributed by atoms with Gasteiger partial charge in [-0.3, -0.25) is 4.68 Å². The molecule has 0 saturated heterocycles. The molecule has 18 heavy (non-hydrogen) atoms. The normalized spacial score (nSPS) is 10.9. The van der Waals surface area contributed by atoms with Crippen LogP contribution in [0.1, 0.15) is 6.92 Å². The summed E-state index contributed by atoms with van der Waals surface area (Å²) >= 11 is 0. The lowest BCUT2D eigenvalue weighted by atomic mass is 10.00. The summed E-state index contributed by atoms with van der Waals surface area (Å²) in [5, 5.41) is 6.60. The van der Waals surface area contributed by atoms with E-state index in [9.17, 15) is 0 Å². The number of nitrogens with zero attached hydrogens (tertiary/aromatic N) is 2. The van der Waals surface area contributed by atoms with Crippen molar-refractivity contribution in [3.05, 3.63) is 48.8 Å². The molecule has 2 N–H and O–H groups in total. The molecule has 3 aromatic rings. The molecule has 1 heterocycles. The number of aryl methyl sites for hydroxylation is 1. The van der Waals surface area contributed by atoms with Gasteiger partial charge < -0.3 is 5.73 Å². The molecule has 0 unspecified atom stereocenters. The van der Waals surface area contributed by atoms with Gasteiger partial charge in [0.2, 0.25) is 0 Å². The number of nitrogen functional groups attached to an aromatic ring is 1. The summed E-state index contributed by atoms with van der Waals surface area (Å²) in [6.07, 6.45) is 3.97. The fraction of sp³-hybridized carbons (Fsp3) is 0.133. The van der Waals surface area contributed by atoms with E-state index in [1.165, 1.54) is 10.9 Å². The van der Waals surface area contributed by atoms with Crippen LogP contribution in [0.2, 0.25) is 0 Å². The highest BCUT2D eigenvalue weighted by Crippen LogP contribution is 2.30. The number of hydrogen-bond donors (Lipinski definition) is 1. The van der Waals surface area contributed by atoms with Gasteiger partial charge in [-0.05, 0) is 23.9 Å². The van der Waals surface area contributed by atoms with Gasteiger partial charge in [-0.15, -0.1) is 0 Å². The molecular formula is C15H15N3. The molecule has 3 rings (SSSR count). The van der Waals surface area contributed by atoms with Crippen molar-refractivity contribution in [2.75, 3.05) is 5.73 Å². The standard InChI is InChI=1S/C15H15N3/c1-2-18-10-11(9-17-18)12-5-3-7-14-13(12)6-4-8-15(14)16/h3-10H,2,16H2,1H3. The van der Waals surface area contributed by atoms with Gasteiger partial charge in [0.15, 0.2) is 0 Å². The van der Waals surface area contributed by atoms with Gasteiger partial charge in [0.25, 0.3) is 0 Å².